The molecule has 1 fully saturated rings. The molecule has 2 unspecified atom stereocenters. The van der Waals surface area contributed by atoms with Gasteiger partial charge in [-0.3, -0.25) is 0 Å². The van der Waals surface area contributed by atoms with E-state index in [-0.39, 0.29) is 0 Å². The van der Waals surface area contributed by atoms with Gasteiger partial charge < -0.3 is 9.47 Å². The van der Waals surface area contributed by atoms with Gasteiger partial charge in [0.15, 0.2) is 0 Å². The summed E-state index contributed by atoms with van der Waals surface area (Å²) in [4.78, 5) is 0. The average molecular weight is 317 g/mol. The van der Waals surface area contributed by atoms with Crippen molar-refractivity contribution in [3.8, 4) is 5.75 Å². The Hall–Kier alpha value is -1.51. The first-order valence-electron chi connectivity index (χ1n) is 7.79. The fourth-order valence-electron chi connectivity index (χ4n) is 2.44. The number of rotatable bonds is 7. The Balaban J connectivity index is 1.46. The molecule has 2 atom stereocenters. The Labute approximate surface area is 137 Å². The highest BCUT2D eigenvalue weighted by molar-refractivity contribution is 6.31. The highest BCUT2D eigenvalue weighted by Crippen LogP contribution is 2.32. The molecule has 22 heavy (non-hydrogen) atoms. The lowest BCUT2D eigenvalue weighted by Gasteiger charge is -2.08. The topological polar surface area (TPSA) is 18.5 Å². The minimum Gasteiger partial charge on any atom is -0.491 e. The summed E-state index contributed by atoms with van der Waals surface area (Å²) in [6.07, 6.45) is 2.49. The standard InChI is InChI=1S/C19H21ClO2/c1-14-12-19(14)22-11-10-21-17-8-6-15(7-9-17)13-16-4-2-3-5-18(16)20/h2-9,14,19H,10-13H2,1H3. The zero-order chi connectivity index (χ0) is 15.4. The van der Waals surface area contributed by atoms with Gasteiger partial charge in [0, 0.05) is 5.02 Å². The zero-order valence-corrected chi connectivity index (χ0v) is 13.6. The van der Waals surface area contributed by atoms with Crippen molar-refractivity contribution in [2.75, 3.05) is 13.2 Å². The summed E-state index contributed by atoms with van der Waals surface area (Å²) in [5.41, 5.74) is 2.37. The van der Waals surface area contributed by atoms with Crippen molar-refractivity contribution in [1.29, 1.82) is 0 Å². The lowest BCUT2D eigenvalue weighted by atomic mass is 10.1. The van der Waals surface area contributed by atoms with E-state index in [1.807, 2.05) is 30.3 Å². The van der Waals surface area contributed by atoms with E-state index >= 15 is 0 Å². The first-order chi connectivity index (χ1) is 10.7. The van der Waals surface area contributed by atoms with Gasteiger partial charge in [-0.1, -0.05) is 48.9 Å². The summed E-state index contributed by atoms with van der Waals surface area (Å²) in [5, 5.41) is 0.814. The molecule has 0 spiro atoms. The van der Waals surface area contributed by atoms with Gasteiger partial charge in [0.05, 0.1) is 12.7 Å². The van der Waals surface area contributed by atoms with Gasteiger partial charge in [0.25, 0.3) is 0 Å². The second kappa shape index (κ2) is 7.17. The molecule has 2 aromatic carbocycles. The van der Waals surface area contributed by atoms with Crippen molar-refractivity contribution in [3.63, 3.8) is 0 Å². The minimum absolute atomic E-state index is 0.460. The second-order valence-corrected chi connectivity index (χ2v) is 6.29. The third-order valence-electron chi connectivity index (χ3n) is 4.00. The Kier molecular flexibility index (Phi) is 5.01. The molecule has 1 saturated carbocycles. The Morgan fingerprint density at radius 2 is 1.77 bits per heavy atom. The van der Waals surface area contributed by atoms with Crippen molar-refractivity contribution in [2.24, 2.45) is 5.92 Å². The van der Waals surface area contributed by atoms with Gasteiger partial charge in [-0.05, 0) is 48.1 Å². The van der Waals surface area contributed by atoms with E-state index in [9.17, 15) is 0 Å². The molecule has 0 N–H and O–H groups in total. The normalized spacial score (nSPS) is 19.9. The number of benzene rings is 2. The molecule has 0 aliphatic heterocycles. The van der Waals surface area contributed by atoms with Crippen molar-refractivity contribution in [1.82, 2.24) is 0 Å². The van der Waals surface area contributed by atoms with Crippen LogP contribution in [0.25, 0.3) is 0 Å². The zero-order valence-electron chi connectivity index (χ0n) is 12.8. The predicted molar refractivity (Wildman–Crippen MR) is 89.7 cm³/mol. The molecular formula is C19H21ClO2. The molecule has 0 heterocycles. The summed E-state index contributed by atoms with van der Waals surface area (Å²) < 4.78 is 11.4. The molecule has 3 rings (SSSR count). The Bertz CT molecular complexity index is 609. The van der Waals surface area contributed by atoms with Gasteiger partial charge in [0.2, 0.25) is 0 Å². The van der Waals surface area contributed by atoms with Gasteiger partial charge in [-0.15, -0.1) is 0 Å². The molecule has 2 nitrogen and oxygen atoms in total. The largest absolute Gasteiger partial charge is 0.491 e. The highest BCUT2D eigenvalue weighted by Gasteiger charge is 2.33. The van der Waals surface area contributed by atoms with Crippen molar-refractivity contribution < 1.29 is 9.47 Å². The fraction of sp³-hybridized carbons (Fsp3) is 0.368. The van der Waals surface area contributed by atoms with E-state index in [1.54, 1.807) is 0 Å². The summed E-state index contributed by atoms with van der Waals surface area (Å²) in [6.45, 7) is 3.48. The monoisotopic (exact) mass is 316 g/mol. The lowest BCUT2D eigenvalue weighted by molar-refractivity contribution is 0.0812. The fourth-order valence-corrected chi connectivity index (χ4v) is 2.65. The van der Waals surface area contributed by atoms with Crippen LogP contribution in [0.1, 0.15) is 24.5 Å². The molecule has 0 radical (unpaired) electrons. The lowest BCUT2D eigenvalue weighted by Crippen LogP contribution is -2.08. The van der Waals surface area contributed by atoms with Gasteiger partial charge in [-0.25, -0.2) is 0 Å². The number of hydrogen-bond acceptors (Lipinski definition) is 2. The van der Waals surface area contributed by atoms with Crippen LogP contribution in [0.5, 0.6) is 5.75 Å². The summed E-state index contributed by atoms with van der Waals surface area (Å²) in [7, 11) is 0. The van der Waals surface area contributed by atoms with E-state index in [2.05, 4.69) is 25.1 Å². The molecule has 3 heteroatoms. The predicted octanol–water partition coefficient (Wildman–Crippen LogP) is 4.73. The molecule has 0 bridgehead atoms. The van der Waals surface area contributed by atoms with Gasteiger partial charge in [-0.2, -0.15) is 0 Å². The number of hydrogen-bond donors (Lipinski definition) is 0. The quantitative estimate of drug-likeness (QED) is 0.687. The molecule has 0 amide bonds. The third kappa shape index (κ3) is 4.25. The van der Waals surface area contributed by atoms with Crippen LogP contribution in [0, 0.1) is 5.92 Å². The number of halogens is 1. The second-order valence-electron chi connectivity index (χ2n) is 5.88. The van der Waals surface area contributed by atoms with Crippen molar-refractivity contribution in [2.45, 2.75) is 25.9 Å². The van der Waals surface area contributed by atoms with E-state index in [0.29, 0.717) is 19.3 Å². The maximum atomic E-state index is 6.19. The number of ether oxygens (including phenoxy) is 2. The summed E-state index contributed by atoms with van der Waals surface area (Å²) in [5.74, 6) is 1.61. The van der Waals surface area contributed by atoms with Crippen LogP contribution in [0.15, 0.2) is 48.5 Å². The van der Waals surface area contributed by atoms with Gasteiger partial charge in [0.1, 0.15) is 12.4 Å². The van der Waals surface area contributed by atoms with E-state index < -0.39 is 0 Å². The smallest absolute Gasteiger partial charge is 0.119 e. The van der Waals surface area contributed by atoms with Crippen LogP contribution >= 0.6 is 11.6 Å². The molecule has 1 aliphatic carbocycles. The van der Waals surface area contributed by atoms with Crippen LogP contribution in [0.4, 0.5) is 0 Å². The van der Waals surface area contributed by atoms with E-state index in [4.69, 9.17) is 21.1 Å². The van der Waals surface area contributed by atoms with Crippen LogP contribution in [-0.4, -0.2) is 19.3 Å². The first-order valence-corrected chi connectivity index (χ1v) is 8.17. The first kappa shape index (κ1) is 15.4. The van der Waals surface area contributed by atoms with Crippen molar-refractivity contribution >= 4 is 11.6 Å². The van der Waals surface area contributed by atoms with Crippen LogP contribution in [-0.2, 0) is 11.2 Å². The molecule has 116 valence electrons. The Morgan fingerprint density at radius 3 is 2.45 bits per heavy atom. The highest BCUT2D eigenvalue weighted by atomic mass is 35.5. The average Bonchev–Trinajstić information content (AvgIpc) is 3.23. The maximum Gasteiger partial charge on any atom is 0.119 e. The minimum atomic E-state index is 0.460. The molecule has 2 aromatic rings. The molecule has 0 aromatic heterocycles. The molecule has 0 saturated heterocycles. The Morgan fingerprint density at radius 1 is 1.05 bits per heavy atom. The third-order valence-corrected chi connectivity index (χ3v) is 4.36. The SMILES string of the molecule is CC1CC1OCCOc1ccc(Cc2ccccc2Cl)cc1. The van der Waals surface area contributed by atoms with Crippen molar-refractivity contribution in [3.05, 3.63) is 64.7 Å². The van der Waals surface area contributed by atoms with E-state index in [1.165, 1.54) is 12.0 Å². The van der Waals surface area contributed by atoms with Crippen LogP contribution in [0.2, 0.25) is 5.02 Å². The van der Waals surface area contributed by atoms with Gasteiger partial charge >= 0.3 is 0 Å². The van der Waals surface area contributed by atoms with E-state index in [0.717, 1.165) is 28.7 Å². The summed E-state index contributed by atoms with van der Waals surface area (Å²) in [6, 6.07) is 16.1. The summed E-state index contributed by atoms with van der Waals surface area (Å²) >= 11 is 6.19. The molecular weight excluding hydrogens is 296 g/mol. The maximum absolute atomic E-state index is 6.19. The van der Waals surface area contributed by atoms with Crippen LogP contribution < -0.4 is 4.74 Å². The molecule has 1 aliphatic rings. The van der Waals surface area contributed by atoms with Crippen LogP contribution in [0.3, 0.4) is 0 Å².